The van der Waals surface area contributed by atoms with Gasteiger partial charge in [0, 0.05) is 18.8 Å². The first-order valence-electron chi connectivity index (χ1n) is 12.0. The molecular weight excluding hydrogens is 456 g/mol. The van der Waals surface area contributed by atoms with Crippen molar-refractivity contribution in [3.63, 3.8) is 0 Å². The maximum atomic E-state index is 13.2. The Morgan fingerprint density at radius 1 is 1.14 bits per heavy atom. The molecule has 2 aromatic carbocycles. The third-order valence-electron chi connectivity index (χ3n) is 6.99. The summed E-state index contributed by atoms with van der Waals surface area (Å²) in [6.45, 7) is 4.39. The number of hydrogen-bond acceptors (Lipinski definition) is 5. The van der Waals surface area contributed by atoms with Crippen molar-refractivity contribution in [2.75, 3.05) is 13.2 Å². The smallest absolute Gasteiger partial charge is 0.410 e. The van der Waals surface area contributed by atoms with Crippen molar-refractivity contribution in [3.05, 3.63) is 102 Å². The van der Waals surface area contributed by atoms with Crippen molar-refractivity contribution in [1.82, 2.24) is 4.90 Å². The molecule has 1 unspecified atom stereocenters. The molecule has 184 valence electrons. The summed E-state index contributed by atoms with van der Waals surface area (Å²) in [6.07, 6.45) is 8.49. The number of likely N-dealkylation sites (tertiary alicyclic amines) is 1. The number of carboxylic acid groups (broad SMARTS) is 1. The highest BCUT2D eigenvalue weighted by molar-refractivity contribution is 6.01. The van der Waals surface area contributed by atoms with Crippen LogP contribution in [0.25, 0.3) is 5.57 Å². The van der Waals surface area contributed by atoms with Crippen LogP contribution >= 0.6 is 0 Å². The molecule has 1 aliphatic carbocycles. The second-order valence-corrected chi connectivity index (χ2v) is 9.45. The van der Waals surface area contributed by atoms with E-state index in [2.05, 4.69) is 11.7 Å². The predicted octanol–water partition coefficient (Wildman–Crippen LogP) is 5.16. The summed E-state index contributed by atoms with van der Waals surface area (Å²) in [4.78, 5) is 32.3. The molecule has 1 amide bonds. The molecule has 0 saturated carbocycles. The fourth-order valence-corrected chi connectivity index (χ4v) is 5.13. The molecule has 1 saturated heterocycles. The van der Waals surface area contributed by atoms with Crippen LogP contribution in [0.1, 0.15) is 41.9 Å². The molecule has 36 heavy (non-hydrogen) atoms. The van der Waals surface area contributed by atoms with Gasteiger partial charge in [-0.2, -0.15) is 0 Å². The van der Waals surface area contributed by atoms with Gasteiger partial charge in [-0.15, -0.1) is 0 Å². The van der Waals surface area contributed by atoms with Gasteiger partial charge in [0.25, 0.3) is 0 Å². The lowest BCUT2D eigenvalue weighted by Crippen LogP contribution is -2.42. The van der Waals surface area contributed by atoms with Gasteiger partial charge in [0.15, 0.2) is 5.60 Å². The van der Waals surface area contributed by atoms with Crippen LogP contribution in [-0.4, -0.2) is 52.6 Å². The third-order valence-corrected chi connectivity index (χ3v) is 6.99. The predicted molar refractivity (Wildman–Crippen MR) is 137 cm³/mol. The number of benzene rings is 2. The molecule has 3 aliphatic rings. The SMILES string of the molecule is C=C1/C=C\C=C/CC(COC(=O)N2C[C@@]3(CC(c4ccccc4)=NO3)C[C@H]2C(=O)O)c2ccccc21. The van der Waals surface area contributed by atoms with Crippen LogP contribution in [-0.2, 0) is 14.4 Å². The van der Waals surface area contributed by atoms with Gasteiger partial charge in [0.05, 0.1) is 12.3 Å². The zero-order chi connectivity index (χ0) is 25.1. The van der Waals surface area contributed by atoms with E-state index in [4.69, 9.17) is 9.57 Å². The number of carboxylic acids is 1. The van der Waals surface area contributed by atoms with Crippen molar-refractivity contribution in [3.8, 4) is 0 Å². The minimum absolute atomic E-state index is 0.0892. The van der Waals surface area contributed by atoms with E-state index in [1.54, 1.807) is 0 Å². The Morgan fingerprint density at radius 3 is 2.72 bits per heavy atom. The second kappa shape index (κ2) is 9.85. The van der Waals surface area contributed by atoms with Crippen LogP contribution in [0.4, 0.5) is 4.79 Å². The summed E-state index contributed by atoms with van der Waals surface area (Å²) in [7, 11) is 0. The molecule has 0 radical (unpaired) electrons. The number of aliphatic carboxylic acids is 1. The Labute approximate surface area is 210 Å². The number of ether oxygens (including phenoxy) is 1. The number of carbonyl (C=O) groups is 2. The Morgan fingerprint density at radius 2 is 1.92 bits per heavy atom. The maximum absolute atomic E-state index is 13.2. The van der Waals surface area contributed by atoms with E-state index in [0.717, 1.165) is 28.0 Å². The van der Waals surface area contributed by atoms with E-state index in [0.29, 0.717) is 12.8 Å². The monoisotopic (exact) mass is 484 g/mol. The highest BCUT2D eigenvalue weighted by atomic mass is 16.7. The normalized spacial score (nSPS) is 26.7. The zero-order valence-corrected chi connectivity index (χ0v) is 19.9. The largest absolute Gasteiger partial charge is 0.480 e. The van der Waals surface area contributed by atoms with Gasteiger partial charge in [-0.25, -0.2) is 9.59 Å². The number of fused-ring (bicyclic) bond motifs is 1. The number of rotatable bonds is 4. The fourth-order valence-electron chi connectivity index (χ4n) is 5.13. The molecule has 0 aromatic heterocycles. The van der Waals surface area contributed by atoms with Crippen molar-refractivity contribution >= 4 is 23.3 Å². The Hall–Kier alpha value is -4.13. The van der Waals surface area contributed by atoms with Crippen molar-refractivity contribution in [1.29, 1.82) is 0 Å². The van der Waals surface area contributed by atoms with E-state index in [9.17, 15) is 14.7 Å². The molecule has 7 heteroatoms. The van der Waals surface area contributed by atoms with Crippen molar-refractivity contribution < 1.29 is 24.3 Å². The van der Waals surface area contributed by atoms with Gasteiger partial charge in [0.1, 0.15) is 12.6 Å². The van der Waals surface area contributed by atoms with Crippen LogP contribution in [0.15, 0.2) is 90.6 Å². The molecule has 2 aliphatic heterocycles. The number of allylic oxidation sites excluding steroid dienone is 5. The molecule has 0 bridgehead atoms. The molecule has 2 aromatic rings. The van der Waals surface area contributed by atoms with E-state index in [-0.39, 0.29) is 25.5 Å². The molecule has 1 spiro atoms. The average Bonchev–Trinajstić information content (AvgIpc) is 3.51. The van der Waals surface area contributed by atoms with Gasteiger partial charge in [-0.3, -0.25) is 4.90 Å². The van der Waals surface area contributed by atoms with Crippen molar-refractivity contribution in [2.24, 2.45) is 5.16 Å². The summed E-state index contributed by atoms with van der Waals surface area (Å²) < 4.78 is 5.74. The second-order valence-electron chi connectivity index (χ2n) is 9.45. The van der Waals surface area contributed by atoms with Crippen LogP contribution in [0.2, 0.25) is 0 Å². The van der Waals surface area contributed by atoms with Crippen LogP contribution in [0.3, 0.4) is 0 Å². The lowest BCUT2D eigenvalue weighted by Gasteiger charge is -2.24. The van der Waals surface area contributed by atoms with Gasteiger partial charge in [-0.1, -0.05) is 90.6 Å². The summed E-state index contributed by atoms with van der Waals surface area (Å²) in [6, 6.07) is 16.5. The molecule has 1 N–H and O–H groups in total. The minimum Gasteiger partial charge on any atom is -0.480 e. The minimum atomic E-state index is -1.08. The van der Waals surface area contributed by atoms with E-state index >= 15 is 0 Å². The van der Waals surface area contributed by atoms with Crippen LogP contribution in [0.5, 0.6) is 0 Å². The van der Waals surface area contributed by atoms with Crippen LogP contribution in [0, 0.1) is 0 Å². The zero-order valence-electron chi connectivity index (χ0n) is 19.9. The topological polar surface area (TPSA) is 88.4 Å². The summed E-state index contributed by atoms with van der Waals surface area (Å²) in [5, 5.41) is 14.1. The summed E-state index contributed by atoms with van der Waals surface area (Å²) >= 11 is 0. The lowest BCUT2D eigenvalue weighted by molar-refractivity contribution is -0.141. The van der Waals surface area contributed by atoms with Gasteiger partial charge in [0.2, 0.25) is 0 Å². The molecule has 2 heterocycles. The fraction of sp³-hybridized carbons (Fsp3) is 0.276. The van der Waals surface area contributed by atoms with Gasteiger partial charge < -0.3 is 14.7 Å². The number of nitrogens with zero attached hydrogens (tertiary/aromatic N) is 2. The van der Waals surface area contributed by atoms with E-state index < -0.39 is 23.7 Å². The highest BCUT2D eigenvalue weighted by Crippen LogP contribution is 2.39. The summed E-state index contributed by atoms with van der Waals surface area (Å²) in [5.74, 6) is -1.17. The lowest BCUT2D eigenvalue weighted by atomic mass is 9.89. The maximum Gasteiger partial charge on any atom is 0.410 e. The third kappa shape index (κ3) is 4.69. The van der Waals surface area contributed by atoms with Gasteiger partial charge >= 0.3 is 12.1 Å². The molecule has 5 rings (SSSR count). The quantitative estimate of drug-likeness (QED) is 0.648. The van der Waals surface area contributed by atoms with Crippen molar-refractivity contribution in [2.45, 2.75) is 36.8 Å². The van der Waals surface area contributed by atoms with Gasteiger partial charge in [-0.05, 0) is 28.7 Å². The Kier molecular flexibility index (Phi) is 6.46. The molecule has 3 atom stereocenters. The summed E-state index contributed by atoms with van der Waals surface area (Å²) in [5.41, 5.74) is 3.73. The highest BCUT2D eigenvalue weighted by Gasteiger charge is 2.54. The number of carbonyl (C=O) groups excluding carboxylic acids is 1. The van der Waals surface area contributed by atoms with E-state index in [1.165, 1.54) is 4.90 Å². The first-order valence-corrected chi connectivity index (χ1v) is 12.0. The standard InChI is InChI=1S/C29H28N2O5/c1-20-10-4-2-7-13-22(24-15-9-8-14-23(20)24)18-35-28(34)31-19-29(17-26(31)27(32)33)16-25(30-36-29)21-11-5-3-6-12-21/h2-12,14-15,22,26H,1,13,16-19H2,(H,32,33)/b7-2-,10-4-/t22?,26-,29+/m0/s1. The Bertz CT molecular complexity index is 1270. The first-order chi connectivity index (χ1) is 17.5. The molecule has 1 fully saturated rings. The average molecular weight is 485 g/mol. The Balaban J connectivity index is 1.30. The number of amides is 1. The van der Waals surface area contributed by atoms with E-state index in [1.807, 2.05) is 78.9 Å². The first kappa shape index (κ1) is 23.6. The molecular formula is C29H28N2O5. The number of hydrogen-bond donors (Lipinski definition) is 1. The van der Waals surface area contributed by atoms with Crippen LogP contribution < -0.4 is 0 Å². The molecule has 7 nitrogen and oxygen atoms in total. The number of oxime groups is 1.